The van der Waals surface area contributed by atoms with Gasteiger partial charge in [0.2, 0.25) is 0 Å². The van der Waals surface area contributed by atoms with Gasteiger partial charge in [0.15, 0.2) is 0 Å². The van der Waals surface area contributed by atoms with Gasteiger partial charge in [0.25, 0.3) is 0 Å². The van der Waals surface area contributed by atoms with Crippen LogP contribution in [0.25, 0.3) is 0 Å². The molecule has 0 N–H and O–H groups in total. The average Bonchev–Trinajstić information content (AvgIpc) is 2.51. The van der Waals surface area contributed by atoms with Crippen molar-refractivity contribution in [1.82, 2.24) is 0 Å². The van der Waals surface area contributed by atoms with Crippen molar-refractivity contribution >= 4 is 32.6 Å². The number of halogens is 6. The second kappa shape index (κ2) is 5.09. The highest BCUT2D eigenvalue weighted by molar-refractivity contribution is 9.10. The van der Waals surface area contributed by atoms with Crippen molar-refractivity contribution < 1.29 is 26.2 Å². The summed E-state index contributed by atoms with van der Waals surface area (Å²) in [5.74, 6) is -10.2. The van der Waals surface area contributed by atoms with Gasteiger partial charge in [-0.1, -0.05) is 0 Å². The number of rotatable bonds is 1. The smallest absolute Gasteiger partial charge is 0.234 e. The summed E-state index contributed by atoms with van der Waals surface area (Å²) in [6.45, 7) is 4.37. The molecule has 0 amide bonds. The first-order chi connectivity index (χ1) is 9.81. The SMILES string of the molecule is CC(C)(C)S(=O)/N=C1/c2c(ccc(F)c2Br)C(F)(F)C1(F)F. The number of nitrogens with zero attached hydrogens (tertiary/aromatic N) is 1. The summed E-state index contributed by atoms with van der Waals surface area (Å²) in [6.07, 6.45) is 0. The molecule has 0 aromatic heterocycles. The van der Waals surface area contributed by atoms with Crippen molar-refractivity contribution in [2.75, 3.05) is 0 Å². The van der Waals surface area contributed by atoms with E-state index in [1.165, 1.54) is 20.8 Å². The maximum Gasteiger partial charge on any atom is 0.357 e. The molecule has 0 radical (unpaired) electrons. The Balaban J connectivity index is 2.79. The third-order valence-electron chi connectivity index (χ3n) is 3.06. The van der Waals surface area contributed by atoms with Crippen LogP contribution in [0.1, 0.15) is 31.9 Å². The van der Waals surface area contributed by atoms with Crippen LogP contribution in [0.5, 0.6) is 0 Å². The summed E-state index contributed by atoms with van der Waals surface area (Å²) in [7, 11) is -2.20. The van der Waals surface area contributed by atoms with Crippen LogP contribution in [0.3, 0.4) is 0 Å². The minimum Gasteiger partial charge on any atom is -0.234 e. The zero-order valence-corrected chi connectivity index (χ0v) is 14.1. The van der Waals surface area contributed by atoms with Crippen molar-refractivity contribution in [2.24, 2.45) is 4.40 Å². The molecule has 2 nitrogen and oxygen atoms in total. The highest BCUT2D eigenvalue weighted by atomic mass is 79.9. The summed E-state index contributed by atoms with van der Waals surface area (Å²) in [6, 6.07) is 1.25. The van der Waals surface area contributed by atoms with E-state index in [9.17, 15) is 26.2 Å². The fraction of sp³-hybridized carbons (Fsp3) is 0.462. The maximum atomic E-state index is 14.1. The highest BCUT2D eigenvalue weighted by Gasteiger charge is 2.68. The van der Waals surface area contributed by atoms with Crippen LogP contribution in [-0.2, 0) is 16.9 Å². The molecule has 1 atom stereocenters. The molecule has 2 rings (SSSR count). The molecule has 0 fully saturated rings. The van der Waals surface area contributed by atoms with Crippen LogP contribution in [0.4, 0.5) is 22.0 Å². The van der Waals surface area contributed by atoms with Gasteiger partial charge >= 0.3 is 11.8 Å². The lowest BCUT2D eigenvalue weighted by atomic mass is 10.1. The van der Waals surface area contributed by atoms with Gasteiger partial charge in [0.1, 0.15) is 22.5 Å². The summed E-state index contributed by atoms with van der Waals surface area (Å²) < 4.78 is 83.3. The van der Waals surface area contributed by atoms with Crippen LogP contribution in [0, 0.1) is 5.82 Å². The predicted octanol–water partition coefficient (Wildman–Crippen LogP) is 4.58. The molecule has 0 saturated heterocycles. The van der Waals surface area contributed by atoms with Gasteiger partial charge in [-0.15, -0.1) is 0 Å². The van der Waals surface area contributed by atoms with Gasteiger partial charge in [-0.25, -0.2) is 8.60 Å². The maximum absolute atomic E-state index is 14.1. The van der Waals surface area contributed by atoms with E-state index in [1.54, 1.807) is 0 Å². The lowest BCUT2D eigenvalue weighted by molar-refractivity contribution is -0.166. The van der Waals surface area contributed by atoms with Gasteiger partial charge in [-0.2, -0.15) is 22.0 Å². The Morgan fingerprint density at radius 1 is 1.14 bits per heavy atom. The molecule has 0 aliphatic heterocycles. The molecule has 22 heavy (non-hydrogen) atoms. The van der Waals surface area contributed by atoms with E-state index in [0.29, 0.717) is 12.1 Å². The largest absolute Gasteiger partial charge is 0.357 e. The number of hydrogen-bond donors (Lipinski definition) is 0. The molecular weight excluding hydrogens is 393 g/mol. The second-order valence-corrected chi connectivity index (χ2v) is 8.43. The predicted molar refractivity (Wildman–Crippen MR) is 77.4 cm³/mol. The molecular formula is C13H11BrF5NOS. The lowest BCUT2D eigenvalue weighted by Crippen LogP contribution is -2.39. The Kier molecular flexibility index (Phi) is 4.05. The first-order valence-electron chi connectivity index (χ1n) is 6.07. The van der Waals surface area contributed by atoms with Crippen molar-refractivity contribution in [1.29, 1.82) is 0 Å². The van der Waals surface area contributed by atoms with Crippen LogP contribution < -0.4 is 0 Å². The van der Waals surface area contributed by atoms with Crippen molar-refractivity contribution in [2.45, 2.75) is 37.4 Å². The molecule has 1 unspecified atom stereocenters. The quantitative estimate of drug-likeness (QED) is 0.631. The van der Waals surface area contributed by atoms with Gasteiger partial charge in [-0.3, -0.25) is 0 Å². The third-order valence-corrected chi connectivity index (χ3v) is 5.23. The second-order valence-electron chi connectivity index (χ2n) is 5.73. The summed E-state index contributed by atoms with van der Waals surface area (Å²) in [5, 5.41) is 0. The third kappa shape index (κ3) is 2.42. The number of alkyl halides is 4. The van der Waals surface area contributed by atoms with Gasteiger partial charge in [0.05, 0.1) is 9.22 Å². The fourth-order valence-corrected chi connectivity index (χ4v) is 3.02. The van der Waals surface area contributed by atoms with E-state index in [-0.39, 0.29) is 0 Å². The topological polar surface area (TPSA) is 29.4 Å². The van der Waals surface area contributed by atoms with E-state index in [0.717, 1.165) is 0 Å². The first kappa shape index (κ1) is 17.5. The minimum absolute atomic E-state index is 0.550. The van der Waals surface area contributed by atoms with E-state index in [2.05, 4.69) is 20.3 Å². The molecule has 1 aliphatic carbocycles. The molecule has 0 heterocycles. The molecule has 1 aromatic carbocycles. The van der Waals surface area contributed by atoms with Crippen LogP contribution >= 0.6 is 15.9 Å². The van der Waals surface area contributed by atoms with Crippen molar-refractivity contribution in [3.05, 3.63) is 33.5 Å². The molecule has 0 spiro atoms. The standard InChI is InChI=1S/C13H11BrF5NOS/c1-11(2,3)22(21)20-10-8-6(4-5-7(15)9(8)14)12(16,17)13(10,18)19/h4-5H,1-3H3/b20-10-. The van der Waals surface area contributed by atoms with Gasteiger partial charge < -0.3 is 0 Å². The summed E-state index contributed by atoms with van der Waals surface area (Å²) in [4.78, 5) is 0. The summed E-state index contributed by atoms with van der Waals surface area (Å²) >= 11 is 2.69. The van der Waals surface area contributed by atoms with E-state index in [4.69, 9.17) is 0 Å². The van der Waals surface area contributed by atoms with E-state index < -0.39 is 54.7 Å². The van der Waals surface area contributed by atoms with Crippen LogP contribution in [0.2, 0.25) is 0 Å². The Labute approximate surface area is 134 Å². The average molecular weight is 404 g/mol. The van der Waals surface area contributed by atoms with Crippen molar-refractivity contribution in [3.8, 4) is 0 Å². The van der Waals surface area contributed by atoms with E-state index >= 15 is 0 Å². The Bertz CT molecular complexity index is 696. The summed E-state index contributed by atoms with van der Waals surface area (Å²) in [5.41, 5.74) is -3.16. The zero-order chi connectivity index (χ0) is 17.1. The van der Waals surface area contributed by atoms with Crippen molar-refractivity contribution in [3.63, 3.8) is 0 Å². The molecule has 1 aromatic rings. The lowest BCUT2D eigenvalue weighted by Gasteiger charge is -2.20. The molecule has 122 valence electrons. The minimum atomic E-state index is -4.67. The molecule has 1 aliphatic rings. The normalized spacial score (nSPS) is 22.7. The zero-order valence-electron chi connectivity index (χ0n) is 11.7. The van der Waals surface area contributed by atoms with E-state index in [1.807, 2.05) is 0 Å². The number of fused-ring (bicyclic) bond motifs is 1. The monoisotopic (exact) mass is 403 g/mol. The first-order valence-corrected chi connectivity index (χ1v) is 7.97. The Hall–Kier alpha value is -0.830. The number of hydrogen-bond acceptors (Lipinski definition) is 1. The molecule has 9 heteroatoms. The van der Waals surface area contributed by atoms with Crippen LogP contribution in [-0.4, -0.2) is 20.6 Å². The van der Waals surface area contributed by atoms with Gasteiger partial charge in [-0.05, 0) is 48.8 Å². The Morgan fingerprint density at radius 3 is 2.18 bits per heavy atom. The molecule has 0 saturated carbocycles. The molecule has 0 bridgehead atoms. The highest BCUT2D eigenvalue weighted by Crippen LogP contribution is 2.54. The van der Waals surface area contributed by atoms with Gasteiger partial charge in [0, 0.05) is 11.1 Å². The number of benzene rings is 1. The Morgan fingerprint density at radius 2 is 1.68 bits per heavy atom. The fourth-order valence-electron chi connectivity index (χ4n) is 1.84. The van der Waals surface area contributed by atoms with Crippen LogP contribution in [0.15, 0.2) is 21.0 Å².